The predicted octanol–water partition coefficient (Wildman–Crippen LogP) is 3.57. The zero-order chi connectivity index (χ0) is 39.7. The molecule has 2 atom stereocenters. The van der Waals surface area contributed by atoms with Crippen LogP contribution in [0.25, 0.3) is 0 Å². The molecule has 0 aromatic heterocycles. The van der Waals surface area contributed by atoms with Crippen molar-refractivity contribution in [1.82, 2.24) is 25.3 Å². The maximum absolute atomic E-state index is 13.5. The quantitative estimate of drug-likeness (QED) is 0.101. The van der Waals surface area contributed by atoms with Crippen molar-refractivity contribution >= 4 is 47.2 Å². The normalized spacial score (nSPS) is 13.9. The van der Waals surface area contributed by atoms with E-state index in [1.54, 1.807) is 31.3 Å². The number of rotatable bonds is 22. The molecule has 0 fully saturated rings. The lowest BCUT2D eigenvalue weighted by Crippen LogP contribution is -2.45. The summed E-state index contributed by atoms with van der Waals surface area (Å²) in [5.41, 5.74) is 6.38. The van der Waals surface area contributed by atoms with Gasteiger partial charge in [0.2, 0.25) is 11.8 Å². The van der Waals surface area contributed by atoms with Crippen LogP contribution in [0.4, 0.5) is 15.3 Å². The van der Waals surface area contributed by atoms with Crippen molar-refractivity contribution in [2.45, 2.75) is 97.8 Å². The van der Waals surface area contributed by atoms with Crippen molar-refractivity contribution in [2.75, 3.05) is 45.6 Å². The van der Waals surface area contributed by atoms with Crippen LogP contribution >= 0.6 is 0 Å². The Morgan fingerprint density at radius 3 is 2.13 bits per heavy atom. The molecule has 1 heterocycles. The fraction of sp³-hybridized carbons (Fsp3) is 0.605. The van der Waals surface area contributed by atoms with Gasteiger partial charge in [-0.1, -0.05) is 32.4 Å². The van der Waals surface area contributed by atoms with E-state index in [0.717, 1.165) is 10.5 Å². The van der Waals surface area contributed by atoms with Gasteiger partial charge in [0.15, 0.2) is 5.78 Å². The number of urea groups is 1. The van der Waals surface area contributed by atoms with Gasteiger partial charge < -0.3 is 31.3 Å². The summed E-state index contributed by atoms with van der Waals surface area (Å²) >= 11 is 0. The van der Waals surface area contributed by atoms with Gasteiger partial charge in [0.05, 0.1) is 6.04 Å². The third-order valence-corrected chi connectivity index (χ3v) is 9.17. The molecule has 0 unspecified atom stereocenters. The Morgan fingerprint density at radius 2 is 1.55 bits per heavy atom. The number of Topliss-reactive ketones (excluding diaryl/α,β-unsaturated/α-hetero) is 1. The van der Waals surface area contributed by atoms with Crippen LogP contribution in [-0.2, 0) is 35.3 Å². The number of nitrogens with two attached hydrogens (primary N) is 1. The smallest absolute Gasteiger partial charge is 0.409 e. The van der Waals surface area contributed by atoms with Crippen LogP contribution in [-0.4, -0.2) is 108 Å². The van der Waals surface area contributed by atoms with E-state index in [1.165, 1.54) is 17.1 Å². The van der Waals surface area contributed by atoms with Crippen molar-refractivity contribution in [3.63, 3.8) is 0 Å². The van der Waals surface area contributed by atoms with Gasteiger partial charge in [-0.15, -0.1) is 0 Å². The third kappa shape index (κ3) is 16.2. The van der Waals surface area contributed by atoms with E-state index >= 15 is 0 Å². The number of carbonyl (C=O) groups is 7. The van der Waals surface area contributed by atoms with E-state index in [4.69, 9.17) is 10.5 Å². The molecular formula is C38H59N7O8. The SMILES string of the molecule is CC(C)[C@H](NC(=O)CCCCCN1C(=O)C=CC1=O)C(=O)C[C@@H](CCCNC(N)=O)C(=O)Nc1ccc(COC(=O)N(C)CCN(C)C(C)(C)C)cc1. The zero-order valence-electron chi connectivity index (χ0n) is 32.4. The van der Waals surface area contributed by atoms with E-state index in [-0.39, 0.29) is 73.9 Å². The summed E-state index contributed by atoms with van der Waals surface area (Å²) in [5, 5.41) is 8.18. The molecule has 53 heavy (non-hydrogen) atoms. The number of primary amides is 1. The average Bonchev–Trinajstić information content (AvgIpc) is 3.41. The topological polar surface area (TPSA) is 201 Å². The molecule has 0 saturated carbocycles. The van der Waals surface area contributed by atoms with Gasteiger partial charge in [-0.05, 0) is 77.1 Å². The number of hydrogen-bond acceptors (Lipinski definition) is 9. The maximum Gasteiger partial charge on any atom is 0.409 e. The van der Waals surface area contributed by atoms with Crippen molar-refractivity contribution < 1.29 is 38.3 Å². The molecule has 0 spiro atoms. The molecule has 0 saturated heterocycles. The first-order valence-corrected chi connectivity index (χ1v) is 18.3. The van der Waals surface area contributed by atoms with Gasteiger partial charge in [-0.3, -0.25) is 33.8 Å². The number of anilines is 1. The highest BCUT2D eigenvalue weighted by atomic mass is 16.6. The fourth-order valence-electron chi connectivity index (χ4n) is 5.41. The highest BCUT2D eigenvalue weighted by Crippen LogP contribution is 2.20. The Labute approximate surface area is 313 Å². The molecule has 15 nitrogen and oxygen atoms in total. The van der Waals surface area contributed by atoms with Crippen molar-refractivity contribution in [1.29, 1.82) is 0 Å². The van der Waals surface area contributed by atoms with Gasteiger partial charge >= 0.3 is 12.1 Å². The van der Waals surface area contributed by atoms with Crippen LogP contribution < -0.4 is 21.7 Å². The molecule has 7 amide bonds. The second kappa shape index (κ2) is 21.7. The van der Waals surface area contributed by atoms with Crippen LogP contribution in [0.15, 0.2) is 36.4 Å². The molecular weight excluding hydrogens is 682 g/mol. The van der Waals surface area contributed by atoms with Crippen molar-refractivity contribution in [3.05, 3.63) is 42.0 Å². The number of unbranched alkanes of at least 4 members (excludes halogenated alkanes) is 2. The summed E-state index contributed by atoms with van der Waals surface area (Å²) in [6.07, 6.45) is 4.42. The number of ketones is 1. The van der Waals surface area contributed by atoms with Crippen LogP contribution in [0.5, 0.6) is 0 Å². The first-order valence-electron chi connectivity index (χ1n) is 18.3. The molecule has 2 rings (SSSR count). The van der Waals surface area contributed by atoms with Gasteiger partial charge in [0.1, 0.15) is 6.61 Å². The number of imide groups is 1. The van der Waals surface area contributed by atoms with Crippen LogP contribution in [0.3, 0.4) is 0 Å². The number of nitrogens with one attached hydrogen (secondary N) is 3. The summed E-state index contributed by atoms with van der Waals surface area (Å²) in [7, 11) is 3.69. The number of amides is 7. The molecule has 0 bridgehead atoms. The van der Waals surface area contributed by atoms with E-state index in [9.17, 15) is 33.6 Å². The van der Waals surface area contributed by atoms with E-state index in [1.807, 2.05) is 20.9 Å². The van der Waals surface area contributed by atoms with Gasteiger partial charge in [0, 0.05) is 75.4 Å². The lowest BCUT2D eigenvalue weighted by atomic mass is 9.89. The number of nitrogens with zero attached hydrogens (tertiary/aromatic N) is 3. The summed E-state index contributed by atoms with van der Waals surface area (Å²) < 4.78 is 5.46. The van der Waals surface area contributed by atoms with Gasteiger partial charge in [-0.2, -0.15) is 0 Å². The summed E-state index contributed by atoms with van der Waals surface area (Å²) in [4.78, 5) is 91.7. The number of hydrogen-bond donors (Lipinski definition) is 4. The molecule has 0 aliphatic carbocycles. The Morgan fingerprint density at radius 1 is 0.906 bits per heavy atom. The molecule has 5 N–H and O–H groups in total. The number of likely N-dealkylation sites (N-methyl/N-ethyl adjacent to an activating group) is 2. The summed E-state index contributed by atoms with van der Waals surface area (Å²) in [6, 6.07) is 5.34. The Balaban J connectivity index is 1.93. The predicted molar refractivity (Wildman–Crippen MR) is 201 cm³/mol. The van der Waals surface area contributed by atoms with Gasteiger partial charge in [-0.25, -0.2) is 9.59 Å². The maximum atomic E-state index is 13.5. The molecule has 1 aromatic carbocycles. The second-order valence-electron chi connectivity index (χ2n) is 14.8. The summed E-state index contributed by atoms with van der Waals surface area (Å²) in [5.74, 6) is -2.65. The molecule has 294 valence electrons. The minimum Gasteiger partial charge on any atom is -0.445 e. The highest BCUT2D eigenvalue weighted by molar-refractivity contribution is 6.12. The zero-order valence-corrected chi connectivity index (χ0v) is 32.4. The molecule has 1 aromatic rings. The van der Waals surface area contributed by atoms with Gasteiger partial charge in [0.25, 0.3) is 11.8 Å². The third-order valence-electron chi connectivity index (χ3n) is 9.17. The highest BCUT2D eigenvalue weighted by Gasteiger charge is 2.30. The number of benzene rings is 1. The largest absolute Gasteiger partial charge is 0.445 e. The summed E-state index contributed by atoms with van der Waals surface area (Å²) in [6.45, 7) is 11.7. The monoisotopic (exact) mass is 741 g/mol. The molecule has 0 radical (unpaired) electrons. The van der Waals surface area contributed by atoms with E-state index in [0.29, 0.717) is 44.5 Å². The lowest BCUT2D eigenvalue weighted by Gasteiger charge is -2.33. The number of ether oxygens (including phenoxy) is 1. The van der Waals surface area contributed by atoms with E-state index in [2.05, 4.69) is 41.6 Å². The molecule has 1 aliphatic rings. The number of carbonyl (C=O) groups excluding carboxylic acids is 7. The molecule has 15 heteroatoms. The Kier molecular flexibility index (Phi) is 18.1. The van der Waals surface area contributed by atoms with Crippen molar-refractivity contribution in [3.8, 4) is 0 Å². The van der Waals surface area contributed by atoms with Crippen LogP contribution in [0.2, 0.25) is 0 Å². The van der Waals surface area contributed by atoms with E-state index < -0.39 is 30.0 Å². The minimum atomic E-state index is -0.812. The lowest BCUT2D eigenvalue weighted by molar-refractivity contribution is -0.137. The molecule has 1 aliphatic heterocycles. The Bertz CT molecular complexity index is 1440. The first-order chi connectivity index (χ1) is 24.9. The van der Waals surface area contributed by atoms with Crippen LogP contribution in [0.1, 0.15) is 85.1 Å². The van der Waals surface area contributed by atoms with Crippen molar-refractivity contribution in [2.24, 2.45) is 17.6 Å². The average molecular weight is 742 g/mol. The minimum absolute atomic E-state index is 0.0168. The second-order valence-corrected chi connectivity index (χ2v) is 14.8. The Hall–Kier alpha value is -4.79. The first kappa shape index (κ1) is 44.4. The standard InChI is InChI=1S/C38H59N7O8/c1-26(2)34(42-31(47)13-9-8-10-21-45-32(48)18-19-33(45)49)30(46)24-28(12-11-20-40-36(39)51)35(50)41-29-16-14-27(15-17-29)25-53-37(52)43(6)22-23-44(7)38(3,4)5/h14-19,26,28,34H,8-13,20-25H2,1-7H3,(H,41,50)(H,42,47)(H3,39,40,51)/t28-,34+/m1/s1. The van der Waals surface area contributed by atoms with Crippen LogP contribution in [0, 0.1) is 11.8 Å². The fourth-order valence-corrected chi connectivity index (χ4v) is 5.41.